The van der Waals surface area contributed by atoms with E-state index in [1.165, 1.54) is 0 Å². The summed E-state index contributed by atoms with van der Waals surface area (Å²) in [4.78, 5) is 14.7. The first kappa shape index (κ1) is 13.8. The number of halogens is 3. The third kappa shape index (κ3) is 2.71. The predicted octanol–water partition coefficient (Wildman–Crippen LogP) is 0.514. The normalized spacial score (nSPS) is 23.8. The van der Waals surface area contributed by atoms with E-state index in [1.807, 2.05) is 0 Å². The highest BCUT2D eigenvalue weighted by molar-refractivity contribution is 5.38. The fourth-order valence-electron chi connectivity index (χ4n) is 1.93. The molecule has 0 aliphatic carbocycles. The first-order valence-corrected chi connectivity index (χ1v) is 5.55. The van der Waals surface area contributed by atoms with Crippen LogP contribution in [0.5, 0.6) is 0 Å². The van der Waals surface area contributed by atoms with Crippen LogP contribution in [0.1, 0.15) is 24.6 Å². The van der Waals surface area contributed by atoms with Gasteiger partial charge in [0.25, 0.3) is 0 Å². The summed E-state index contributed by atoms with van der Waals surface area (Å²) in [5.74, 6) is -0.856. The van der Waals surface area contributed by atoms with E-state index in [-0.39, 0.29) is 6.61 Å². The van der Waals surface area contributed by atoms with Crippen LogP contribution in [-0.4, -0.2) is 27.4 Å². The number of ether oxygens (including phenoxy) is 1. The lowest BCUT2D eigenvalue weighted by Gasteiger charge is -2.17. The van der Waals surface area contributed by atoms with E-state index in [0.717, 1.165) is 4.57 Å². The molecule has 9 heteroatoms. The van der Waals surface area contributed by atoms with E-state index < -0.39 is 35.6 Å². The molecule has 1 aromatic rings. The fourth-order valence-corrected chi connectivity index (χ4v) is 1.93. The Morgan fingerprint density at radius 2 is 2.21 bits per heavy atom. The summed E-state index contributed by atoms with van der Waals surface area (Å²) in [5, 5.41) is 8.90. The molecule has 1 aromatic heterocycles. The van der Waals surface area contributed by atoms with Gasteiger partial charge in [0.05, 0.1) is 12.7 Å². The van der Waals surface area contributed by atoms with Crippen molar-refractivity contribution < 1.29 is 23.0 Å². The van der Waals surface area contributed by atoms with Crippen molar-refractivity contribution in [3.63, 3.8) is 0 Å². The highest BCUT2D eigenvalue weighted by Crippen LogP contribution is 2.33. The van der Waals surface area contributed by atoms with Gasteiger partial charge >= 0.3 is 11.9 Å². The number of aliphatic hydroxyl groups is 1. The SMILES string of the molecule is Nc1nc(=O)n([C@H]2CC[C@@H](CO)O2)cc1C(F)(F)F. The number of aliphatic hydroxyl groups excluding tert-OH is 1. The largest absolute Gasteiger partial charge is 0.421 e. The molecule has 1 aliphatic heterocycles. The molecular weight excluding hydrogens is 267 g/mol. The molecule has 0 spiro atoms. The van der Waals surface area contributed by atoms with Crippen LogP contribution in [-0.2, 0) is 10.9 Å². The van der Waals surface area contributed by atoms with Crippen LogP contribution >= 0.6 is 0 Å². The molecule has 0 unspecified atom stereocenters. The van der Waals surface area contributed by atoms with Crippen molar-refractivity contribution in [1.82, 2.24) is 9.55 Å². The molecule has 1 saturated heterocycles. The molecule has 19 heavy (non-hydrogen) atoms. The number of hydrogen-bond donors (Lipinski definition) is 2. The number of nitrogens with zero attached hydrogens (tertiary/aromatic N) is 2. The van der Waals surface area contributed by atoms with Gasteiger partial charge < -0.3 is 15.6 Å². The molecule has 2 rings (SSSR count). The maximum Gasteiger partial charge on any atom is 0.421 e. The topological polar surface area (TPSA) is 90.4 Å². The van der Waals surface area contributed by atoms with Crippen LogP contribution in [0.15, 0.2) is 11.0 Å². The van der Waals surface area contributed by atoms with Gasteiger partial charge in [-0.1, -0.05) is 0 Å². The Morgan fingerprint density at radius 3 is 2.74 bits per heavy atom. The van der Waals surface area contributed by atoms with Gasteiger partial charge in [-0.05, 0) is 12.8 Å². The summed E-state index contributed by atoms with van der Waals surface area (Å²) >= 11 is 0. The van der Waals surface area contributed by atoms with Crippen LogP contribution in [0.3, 0.4) is 0 Å². The molecule has 2 atom stereocenters. The molecule has 106 valence electrons. The highest BCUT2D eigenvalue weighted by atomic mass is 19.4. The summed E-state index contributed by atoms with van der Waals surface area (Å²) in [7, 11) is 0. The Balaban J connectivity index is 2.39. The number of rotatable bonds is 2. The van der Waals surface area contributed by atoms with Crippen molar-refractivity contribution in [2.45, 2.75) is 31.3 Å². The molecule has 0 bridgehead atoms. The quantitative estimate of drug-likeness (QED) is 0.823. The zero-order chi connectivity index (χ0) is 14.2. The molecule has 6 nitrogen and oxygen atoms in total. The van der Waals surface area contributed by atoms with E-state index in [2.05, 4.69) is 4.98 Å². The van der Waals surface area contributed by atoms with E-state index in [4.69, 9.17) is 15.6 Å². The average Bonchev–Trinajstić information content (AvgIpc) is 2.75. The van der Waals surface area contributed by atoms with Gasteiger partial charge in [0, 0.05) is 6.20 Å². The second-order valence-electron chi connectivity index (χ2n) is 4.20. The summed E-state index contributed by atoms with van der Waals surface area (Å²) in [5.41, 5.74) is 3.02. The maximum absolute atomic E-state index is 12.7. The van der Waals surface area contributed by atoms with E-state index in [0.29, 0.717) is 19.0 Å². The lowest BCUT2D eigenvalue weighted by Crippen LogP contribution is -2.30. The van der Waals surface area contributed by atoms with Crippen LogP contribution in [0, 0.1) is 0 Å². The number of nitrogens with two attached hydrogens (primary N) is 1. The molecule has 1 aliphatic rings. The Hall–Kier alpha value is -1.61. The molecule has 0 aromatic carbocycles. The average molecular weight is 279 g/mol. The number of alkyl halides is 3. The van der Waals surface area contributed by atoms with Gasteiger partial charge in [-0.15, -0.1) is 0 Å². The molecule has 0 radical (unpaired) electrons. The van der Waals surface area contributed by atoms with Crippen LogP contribution in [0.4, 0.5) is 19.0 Å². The minimum atomic E-state index is -4.69. The van der Waals surface area contributed by atoms with E-state index in [1.54, 1.807) is 0 Å². The zero-order valence-corrected chi connectivity index (χ0v) is 9.72. The van der Waals surface area contributed by atoms with Crippen LogP contribution in [0.25, 0.3) is 0 Å². The fraction of sp³-hybridized carbons (Fsp3) is 0.600. The second kappa shape index (κ2) is 4.82. The minimum absolute atomic E-state index is 0.250. The number of hydrogen-bond acceptors (Lipinski definition) is 5. The number of aromatic nitrogens is 2. The lowest BCUT2D eigenvalue weighted by atomic mass is 10.2. The van der Waals surface area contributed by atoms with Crippen LogP contribution < -0.4 is 11.4 Å². The molecule has 0 amide bonds. The Kier molecular flexibility index (Phi) is 3.50. The summed E-state index contributed by atoms with van der Waals surface area (Å²) in [6.07, 6.45) is -4.65. The monoisotopic (exact) mass is 279 g/mol. The third-order valence-corrected chi connectivity index (χ3v) is 2.89. The van der Waals surface area contributed by atoms with Gasteiger partial charge in [0.15, 0.2) is 0 Å². The van der Waals surface area contributed by atoms with Crippen molar-refractivity contribution in [2.75, 3.05) is 12.3 Å². The van der Waals surface area contributed by atoms with Gasteiger partial charge in [0.1, 0.15) is 17.6 Å². The molecule has 0 saturated carbocycles. The number of anilines is 1. The first-order chi connectivity index (χ1) is 8.82. The van der Waals surface area contributed by atoms with E-state index in [9.17, 15) is 18.0 Å². The van der Waals surface area contributed by atoms with Crippen molar-refractivity contribution in [3.8, 4) is 0 Å². The summed E-state index contributed by atoms with van der Waals surface area (Å²) in [6, 6.07) is 0. The Labute approximate surface area is 105 Å². The minimum Gasteiger partial charge on any atom is -0.394 e. The number of nitrogen functional groups attached to an aromatic ring is 1. The zero-order valence-electron chi connectivity index (χ0n) is 9.72. The van der Waals surface area contributed by atoms with Crippen molar-refractivity contribution in [3.05, 3.63) is 22.2 Å². The molecule has 3 N–H and O–H groups in total. The summed E-state index contributed by atoms with van der Waals surface area (Å²) in [6.45, 7) is -0.250. The predicted molar refractivity (Wildman–Crippen MR) is 58.1 cm³/mol. The standard InChI is InChI=1S/C10H12F3N3O3/c11-10(12,13)6-3-16(9(18)15-8(6)14)7-2-1-5(4-17)19-7/h3,5,7,17H,1-2,4H2,(H2,14,15,18)/t5-,7+/m0/s1. The van der Waals surface area contributed by atoms with Gasteiger partial charge in [-0.25, -0.2) is 4.79 Å². The highest BCUT2D eigenvalue weighted by Gasteiger charge is 2.36. The molecule has 1 fully saturated rings. The maximum atomic E-state index is 12.7. The Morgan fingerprint density at radius 1 is 1.53 bits per heavy atom. The van der Waals surface area contributed by atoms with E-state index >= 15 is 0 Å². The molecular formula is C10H12F3N3O3. The van der Waals surface area contributed by atoms with Crippen molar-refractivity contribution in [1.29, 1.82) is 0 Å². The smallest absolute Gasteiger partial charge is 0.394 e. The lowest BCUT2D eigenvalue weighted by molar-refractivity contribution is -0.138. The van der Waals surface area contributed by atoms with Gasteiger partial charge in [0.2, 0.25) is 0 Å². The Bertz CT molecular complexity index is 529. The van der Waals surface area contributed by atoms with Gasteiger partial charge in [-0.3, -0.25) is 4.57 Å². The van der Waals surface area contributed by atoms with Crippen LogP contribution in [0.2, 0.25) is 0 Å². The summed E-state index contributed by atoms with van der Waals surface area (Å²) < 4.78 is 44.0. The van der Waals surface area contributed by atoms with Crippen molar-refractivity contribution >= 4 is 5.82 Å². The first-order valence-electron chi connectivity index (χ1n) is 5.55. The van der Waals surface area contributed by atoms with Gasteiger partial charge in [-0.2, -0.15) is 18.2 Å². The third-order valence-electron chi connectivity index (χ3n) is 2.89. The second-order valence-corrected chi connectivity index (χ2v) is 4.20. The molecule has 2 heterocycles. The van der Waals surface area contributed by atoms with Crippen molar-refractivity contribution in [2.24, 2.45) is 0 Å².